The number of carbonyl (C=O) groups excluding carboxylic acids is 1. The number of fused-ring (bicyclic) bond motifs is 1. The van der Waals surface area contributed by atoms with Crippen molar-refractivity contribution in [3.8, 4) is 17.2 Å². The van der Waals surface area contributed by atoms with Crippen molar-refractivity contribution in [3.05, 3.63) is 62.6 Å². The predicted octanol–water partition coefficient (Wildman–Crippen LogP) is 3.21. The predicted molar refractivity (Wildman–Crippen MR) is 115 cm³/mol. The van der Waals surface area contributed by atoms with Gasteiger partial charge in [-0.15, -0.1) is 0 Å². The number of benzene rings is 2. The zero-order valence-electron chi connectivity index (χ0n) is 17.4. The molecule has 0 aliphatic rings. The van der Waals surface area contributed by atoms with Gasteiger partial charge in [-0.2, -0.15) is 0 Å². The highest BCUT2D eigenvalue weighted by Crippen LogP contribution is 2.33. The van der Waals surface area contributed by atoms with E-state index in [1.807, 2.05) is 0 Å². The van der Waals surface area contributed by atoms with Crippen molar-refractivity contribution < 1.29 is 23.9 Å². The molecule has 31 heavy (non-hydrogen) atoms. The van der Waals surface area contributed by atoms with Crippen LogP contribution in [0, 0.1) is 10.1 Å². The molecule has 1 aromatic heterocycles. The fraction of sp³-hybridized carbons (Fsp3) is 0.238. The van der Waals surface area contributed by atoms with E-state index < -0.39 is 10.8 Å². The third kappa shape index (κ3) is 4.00. The number of ether oxygens (including phenoxy) is 3. The molecule has 3 aromatic rings. The van der Waals surface area contributed by atoms with Crippen molar-refractivity contribution in [2.75, 3.05) is 26.6 Å². The van der Waals surface area contributed by atoms with E-state index in [0.717, 1.165) is 0 Å². The van der Waals surface area contributed by atoms with Crippen LogP contribution in [0.15, 0.2) is 41.3 Å². The molecule has 1 amide bonds. The lowest BCUT2D eigenvalue weighted by atomic mass is 10.1. The maximum atomic E-state index is 13.2. The summed E-state index contributed by atoms with van der Waals surface area (Å²) in [5.74, 6) is 0.392. The number of nitro benzene ring substituents is 1. The minimum absolute atomic E-state index is 0.129. The summed E-state index contributed by atoms with van der Waals surface area (Å²) in [5, 5.41) is 14.4. The van der Waals surface area contributed by atoms with E-state index in [4.69, 9.17) is 14.2 Å². The van der Waals surface area contributed by atoms with Gasteiger partial charge in [-0.25, -0.2) is 0 Å². The minimum Gasteiger partial charge on any atom is -0.495 e. The summed E-state index contributed by atoms with van der Waals surface area (Å²) in [4.78, 5) is 36.6. The molecule has 0 spiro atoms. The molecular formula is C21H21N3O7. The lowest BCUT2D eigenvalue weighted by molar-refractivity contribution is -0.384. The highest BCUT2D eigenvalue weighted by Gasteiger charge is 2.20. The summed E-state index contributed by atoms with van der Waals surface area (Å²) in [6.45, 7) is 2.11. The van der Waals surface area contributed by atoms with Crippen LogP contribution in [0.5, 0.6) is 17.2 Å². The van der Waals surface area contributed by atoms with Crippen LogP contribution < -0.4 is 25.1 Å². The first-order valence-electron chi connectivity index (χ1n) is 9.27. The molecule has 162 valence electrons. The second kappa shape index (κ2) is 8.74. The average Bonchev–Trinajstić information content (AvgIpc) is 2.78. The van der Waals surface area contributed by atoms with Crippen LogP contribution in [-0.2, 0) is 6.54 Å². The number of hydrogen-bond acceptors (Lipinski definition) is 7. The van der Waals surface area contributed by atoms with Gasteiger partial charge in [0, 0.05) is 30.3 Å². The van der Waals surface area contributed by atoms with Gasteiger partial charge in [0.1, 0.15) is 5.75 Å². The Hall–Kier alpha value is -4.08. The van der Waals surface area contributed by atoms with E-state index in [-0.39, 0.29) is 33.6 Å². The molecule has 0 fully saturated rings. The summed E-state index contributed by atoms with van der Waals surface area (Å²) >= 11 is 0. The molecule has 0 saturated heterocycles. The lowest BCUT2D eigenvalue weighted by Gasteiger charge is -2.15. The Morgan fingerprint density at radius 2 is 1.65 bits per heavy atom. The van der Waals surface area contributed by atoms with Gasteiger partial charge in [0.2, 0.25) is 0 Å². The molecule has 10 nitrogen and oxygen atoms in total. The van der Waals surface area contributed by atoms with Gasteiger partial charge >= 0.3 is 0 Å². The summed E-state index contributed by atoms with van der Waals surface area (Å²) < 4.78 is 17.2. The molecule has 0 bridgehead atoms. The first-order chi connectivity index (χ1) is 14.8. The van der Waals surface area contributed by atoms with Gasteiger partial charge in [0.05, 0.1) is 42.9 Å². The molecule has 0 saturated carbocycles. The van der Waals surface area contributed by atoms with Crippen molar-refractivity contribution in [1.29, 1.82) is 0 Å². The smallest absolute Gasteiger partial charge is 0.271 e. The molecule has 0 atom stereocenters. The average molecular weight is 427 g/mol. The molecule has 3 rings (SSSR count). The SMILES string of the molecule is CCn1cc(C(=O)Nc2cc([N+](=O)[O-])ccc2OC)c2cc(OC)c(OC)cc2c1=O. The Morgan fingerprint density at radius 3 is 2.19 bits per heavy atom. The number of rotatable bonds is 7. The van der Waals surface area contributed by atoms with Gasteiger partial charge < -0.3 is 24.1 Å². The number of amides is 1. The van der Waals surface area contributed by atoms with Gasteiger partial charge in [-0.05, 0) is 25.1 Å². The van der Waals surface area contributed by atoms with E-state index in [9.17, 15) is 19.7 Å². The first kappa shape index (κ1) is 21.6. The molecule has 0 unspecified atom stereocenters. The van der Waals surface area contributed by atoms with Crippen LogP contribution in [-0.4, -0.2) is 36.7 Å². The summed E-state index contributed by atoms with van der Waals surface area (Å²) in [7, 11) is 4.29. The number of methoxy groups -OCH3 is 3. The second-order valence-corrected chi connectivity index (χ2v) is 6.48. The van der Waals surface area contributed by atoms with E-state index >= 15 is 0 Å². The highest BCUT2D eigenvalue weighted by atomic mass is 16.6. The Balaban J connectivity index is 2.19. The Bertz CT molecular complexity index is 1230. The molecular weight excluding hydrogens is 406 g/mol. The minimum atomic E-state index is -0.571. The molecule has 0 radical (unpaired) electrons. The molecule has 0 aliphatic carbocycles. The van der Waals surface area contributed by atoms with Crippen LogP contribution in [0.25, 0.3) is 10.8 Å². The Morgan fingerprint density at radius 1 is 1.03 bits per heavy atom. The van der Waals surface area contributed by atoms with Crippen molar-refractivity contribution in [2.24, 2.45) is 0 Å². The van der Waals surface area contributed by atoms with Crippen LogP contribution in [0.3, 0.4) is 0 Å². The van der Waals surface area contributed by atoms with Gasteiger partial charge in [-0.3, -0.25) is 19.7 Å². The number of non-ortho nitro benzene ring substituents is 1. The summed E-state index contributed by atoms with van der Waals surface area (Å²) in [6.07, 6.45) is 1.44. The van der Waals surface area contributed by atoms with Crippen molar-refractivity contribution >= 4 is 28.1 Å². The molecule has 1 heterocycles. The highest BCUT2D eigenvalue weighted by molar-refractivity contribution is 6.13. The van der Waals surface area contributed by atoms with Crippen LogP contribution in [0.1, 0.15) is 17.3 Å². The Labute approximate surface area is 177 Å². The van der Waals surface area contributed by atoms with Crippen molar-refractivity contribution in [2.45, 2.75) is 13.5 Å². The number of aryl methyl sites for hydroxylation is 1. The summed E-state index contributed by atoms with van der Waals surface area (Å²) in [5.41, 5.74) is -0.177. The lowest BCUT2D eigenvalue weighted by Crippen LogP contribution is -2.23. The number of anilines is 1. The third-order valence-electron chi connectivity index (χ3n) is 4.82. The first-order valence-corrected chi connectivity index (χ1v) is 9.27. The van der Waals surface area contributed by atoms with Crippen molar-refractivity contribution in [3.63, 3.8) is 0 Å². The number of nitro groups is 1. The zero-order chi connectivity index (χ0) is 22.7. The summed E-state index contributed by atoms with van der Waals surface area (Å²) in [6, 6.07) is 6.95. The zero-order valence-corrected chi connectivity index (χ0v) is 17.4. The number of nitrogens with zero attached hydrogens (tertiary/aromatic N) is 2. The second-order valence-electron chi connectivity index (χ2n) is 6.48. The van der Waals surface area contributed by atoms with E-state index in [0.29, 0.717) is 23.4 Å². The molecule has 1 N–H and O–H groups in total. The number of carbonyl (C=O) groups is 1. The monoisotopic (exact) mass is 427 g/mol. The van der Waals surface area contributed by atoms with Gasteiger partial charge in [0.25, 0.3) is 17.2 Å². The maximum Gasteiger partial charge on any atom is 0.271 e. The topological polar surface area (TPSA) is 122 Å². The molecule has 0 aliphatic heterocycles. The van der Waals surface area contributed by atoms with Crippen LogP contribution in [0.2, 0.25) is 0 Å². The molecule has 10 heteroatoms. The quantitative estimate of drug-likeness (QED) is 0.454. The third-order valence-corrected chi connectivity index (χ3v) is 4.82. The fourth-order valence-corrected chi connectivity index (χ4v) is 3.23. The van der Waals surface area contributed by atoms with Crippen LogP contribution >= 0.6 is 0 Å². The van der Waals surface area contributed by atoms with Gasteiger partial charge in [0.15, 0.2) is 11.5 Å². The number of aromatic nitrogens is 1. The molecule has 2 aromatic carbocycles. The standard InChI is InChI=1S/C21H21N3O7/c1-5-23-11-15(13-9-18(30-3)19(31-4)10-14(13)21(23)26)20(25)22-16-8-12(24(27)28)6-7-17(16)29-2/h6-11H,5H2,1-4H3,(H,22,25). The number of nitrogens with one attached hydrogen (secondary N) is 1. The fourth-order valence-electron chi connectivity index (χ4n) is 3.23. The van der Waals surface area contributed by atoms with E-state index in [1.54, 1.807) is 13.0 Å². The number of pyridine rings is 1. The largest absolute Gasteiger partial charge is 0.495 e. The van der Waals surface area contributed by atoms with E-state index in [2.05, 4.69) is 5.32 Å². The van der Waals surface area contributed by atoms with Crippen molar-refractivity contribution in [1.82, 2.24) is 4.57 Å². The normalized spacial score (nSPS) is 10.6. The number of hydrogen-bond donors (Lipinski definition) is 1. The van der Waals surface area contributed by atoms with E-state index in [1.165, 1.54) is 56.4 Å². The van der Waals surface area contributed by atoms with Gasteiger partial charge in [-0.1, -0.05) is 0 Å². The van der Waals surface area contributed by atoms with Crippen LogP contribution in [0.4, 0.5) is 11.4 Å². The maximum absolute atomic E-state index is 13.2. The Kier molecular flexibility index (Phi) is 6.10.